The largest absolute Gasteiger partial charge is 0.381 e. The second kappa shape index (κ2) is 9.28. The van der Waals surface area contributed by atoms with Gasteiger partial charge in [-0.15, -0.1) is 0 Å². The van der Waals surface area contributed by atoms with E-state index in [1.807, 2.05) is 6.92 Å². The van der Waals surface area contributed by atoms with Crippen molar-refractivity contribution >= 4 is 33.3 Å². The maximum Gasteiger partial charge on any atom is 0.232 e. The van der Waals surface area contributed by atoms with E-state index in [1.54, 1.807) is 23.1 Å². The Bertz CT molecular complexity index is 1260. The number of amides is 1. The van der Waals surface area contributed by atoms with Gasteiger partial charge in [-0.25, -0.2) is 17.8 Å². The van der Waals surface area contributed by atoms with Gasteiger partial charge in [-0.3, -0.25) is 9.69 Å². The minimum Gasteiger partial charge on any atom is -0.381 e. The van der Waals surface area contributed by atoms with Gasteiger partial charge in [0.15, 0.2) is 15.8 Å². The number of carbonyl (C=O) groups is 1. The zero-order chi connectivity index (χ0) is 24.7. The molecule has 34 heavy (non-hydrogen) atoms. The molecule has 1 atom stereocenters. The predicted octanol–water partition coefficient (Wildman–Crippen LogP) is 3.41. The lowest BCUT2D eigenvalue weighted by atomic mass is 9.85. The van der Waals surface area contributed by atoms with Gasteiger partial charge in [0.1, 0.15) is 5.82 Å². The number of sulfone groups is 1. The quantitative estimate of drug-likeness (QED) is 0.668. The molecule has 2 aromatic carbocycles. The molecule has 4 rings (SSSR count). The van der Waals surface area contributed by atoms with Crippen LogP contribution in [-0.2, 0) is 31.3 Å². The Morgan fingerprint density at radius 2 is 1.94 bits per heavy atom. The first-order chi connectivity index (χ1) is 16.0. The first-order valence-corrected chi connectivity index (χ1v) is 13.3. The van der Waals surface area contributed by atoms with Gasteiger partial charge < -0.3 is 10.5 Å². The summed E-state index contributed by atoms with van der Waals surface area (Å²) in [6.07, 6.45) is 2.72. The SMILES string of the molecule is C[C@@]1(c2cccc(Cc3ccc(F)cc3S(C)(=O)=O)c2Cl)CC(=O)N(C2CCOCC2)C(N)=N1. The van der Waals surface area contributed by atoms with Crippen LogP contribution in [0.25, 0.3) is 0 Å². The van der Waals surface area contributed by atoms with Crippen LogP contribution in [0.4, 0.5) is 4.39 Å². The van der Waals surface area contributed by atoms with Gasteiger partial charge in [0, 0.05) is 37.0 Å². The zero-order valence-electron chi connectivity index (χ0n) is 19.1. The van der Waals surface area contributed by atoms with Crippen molar-refractivity contribution in [1.29, 1.82) is 0 Å². The van der Waals surface area contributed by atoms with E-state index < -0.39 is 21.2 Å². The molecule has 182 valence electrons. The van der Waals surface area contributed by atoms with Crippen molar-refractivity contribution in [3.63, 3.8) is 0 Å². The first-order valence-electron chi connectivity index (χ1n) is 11.0. The van der Waals surface area contributed by atoms with E-state index in [2.05, 4.69) is 0 Å². The number of aliphatic imine (C=N–C) groups is 1. The minimum absolute atomic E-state index is 0.0377. The Labute approximate surface area is 203 Å². The van der Waals surface area contributed by atoms with Gasteiger partial charge in [0.25, 0.3) is 0 Å². The second-order valence-corrected chi connectivity index (χ2v) is 11.4. The summed E-state index contributed by atoms with van der Waals surface area (Å²) < 4.78 is 43.5. The maximum absolute atomic E-state index is 13.7. The van der Waals surface area contributed by atoms with E-state index in [1.165, 1.54) is 12.1 Å². The molecular formula is C24H27ClFN3O4S. The number of ether oxygens (including phenoxy) is 1. The highest BCUT2D eigenvalue weighted by Gasteiger charge is 2.41. The fourth-order valence-electron chi connectivity index (χ4n) is 4.70. The number of rotatable bonds is 5. The summed E-state index contributed by atoms with van der Waals surface area (Å²) in [5.41, 5.74) is 7.00. The van der Waals surface area contributed by atoms with Crippen LogP contribution >= 0.6 is 11.6 Å². The van der Waals surface area contributed by atoms with Gasteiger partial charge in [0.2, 0.25) is 5.91 Å². The summed E-state index contributed by atoms with van der Waals surface area (Å²) in [7, 11) is -3.64. The summed E-state index contributed by atoms with van der Waals surface area (Å²) in [6.45, 7) is 2.96. The third-order valence-corrected chi connectivity index (χ3v) is 8.02. The molecule has 1 fully saturated rings. The van der Waals surface area contributed by atoms with Crippen molar-refractivity contribution in [3.05, 3.63) is 63.9 Å². The molecule has 0 aromatic heterocycles. The van der Waals surface area contributed by atoms with Crippen LogP contribution in [0.2, 0.25) is 5.02 Å². The van der Waals surface area contributed by atoms with Gasteiger partial charge in [0.05, 0.1) is 16.9 Å². The monoisotopic (exact) mass is 507 g/mol. The molecule has 0 unspecified atom stereocenters. The molecule has 2 aromatic rings. The van der Waals surface area contributed by atoms with E-state index >= 15 is 0 Å². The summed E-state index contributed by atoms with van der Waals surface area (Å²) >= 11 is 6.79. The minimum atomic E-state index is -3.64. The summed E-state index contributed by atoms with van der Waals surface area (Å²) in [5.74, 6) is -0.595. The fraction of sp³-hybridized carbons (Fsp3) is 0.417. The number of halogens is 2. The molecule has 0 spiro atoms. The van der Waals surface area contributed by atoms with Crippen LogP contribution in [0.15, 0.2) is 46.3 Å². The number of benzene rings is 2. The van der Waals surface area contributed by atoms with Gasteiger partial charge in [-0.1, -0.05) is 35.9 Å². The summed E-state index contributed by atoms with van der Waals surface area (Å²) in [6, 6.07) is 9.00. The van der Waals surface area contributed by atoms with Gasteiger partial charge in [-0.05, 0) is 48.6 Å². The molecular weight excluding hydrogens is 481 g/mol. The Morgan fingerprint density at radius 1 is 1.24 bits per heavy atom. The highest BCUT2D eigenvalue weighted by Crippen LogP contribution is 2.40. The smallest absolute Gasteiger partial charge is 0.232 e. The number of hydrogen-bond donors (Lipinski definition) is 1. The molecule has 2 heterocycles. The van der Waals surface area contributed by atoms with Crippen LogP contribution in [0.3, 0.4) is 0 Å². The van der Waals surface area contributed by atoms with Crippen molar-refractivity contribution < 1.29 is 22.3 Å². The molecule has 0 radical (unpaired) electrons. The van der Waals surface area contributed by atoms with E-state index in [9.17, 15) is 17.6 Å². The lowest BCUT2D eigenvalue weighted by Crippen LogP contribution is -2.55. The molecule has 1 amide bonds. The predicted molar refractivity (Wildman–Crippen MR) is 128 cm³/mol. The van der Waals surface area contributed by atoms with Crippen molar-refractivity contribution in [1.82, 2.24) is 4.90 Å². The van der Waals surface area contributed by atoms with Crippen LogP contribution in [-0.4, -0.2) is 50.7 Å². The van der Waals surface area contributed by atoms with Crippen molar-refractivity contribution in [2.75, 3.05) is 19.5 Å². The van der Waals surface area contributed by atoms with E-state index in [4.69, 9.17) is 27.1 Å². The third-order valence-electron chi connectivity index (χ3n) is 6.40. The Kier molecular flexibility index (Phi) is 6.72. The number of nitrogens with zero attached hydrogens (tertiary/aromatic N) is 2. The average Bonchev–Trinajstić information content (AvgIpc) is 2.75. The Morgan fingerprint density at radius 3 is 2.59 bits per heavy atom. The molecule has 10 heteroatoms. The summed E-state index contributed by atoms with van der Waals surface area (Å²) in [5, 5.41) is 0.373. The second-order valence-electron chi connectivity index (χ2n) is 9.01. The van der Waals surface area contributed by atoms with Crippen LogP contribution < -0.4 is 5.73 Å². The molecule has 0 bridgehead atoms. The van der Waals surface area contributed by atoms with Gasteiger partial charge in [-0.2, -0.15) is 0 Å². The number of carbonyl (C=O) groups excluding carboxylic acids is 1. The molecule has 2 aliphatic heterocycles. The maximum atomic E-state index is 13.7. The topological polar surface area (TPSA) is 102 Å². The van der Waals surface area contributed by atoms with Gasteiger partial charge >= 0.3 is 0 Å². The van der Waals surface area contributed by atoms with Crippen molar-refractivity contribution in [3.8, 4) is 0 Å². The third kappa shape index (κ3) is 4.82. The molecule has 7 nitrogen and oxygen atoms in total. The average molecular weight is 508 g/mol. The van der Waals surface area contributed by atoms with Crippen molar-refractivity contribution in [2.24, 2.45) is 10.7 Å². The number of nitrogens with two attached hydrogens (primary N) is 1. The molecule has 2 aliphatic rings. The van der Waals surface area contributed by atoms with E-state index in [-0.39, 0.29) is 35.6 Å². The molecule has 0 aliphatic carbocycles. The van der Waals surface area contributed by atoms with E-state index in [0.717, 1.165) is 12.3 Å². The Hall–Kier alpha value is -2.49. The van der Waals surface area contributed by atoms with Crippen LogP contribution in [0.5, 0.6) is 0 Å². The van der Waals surface area contributed by atoms with E-state index in [0.29, 0.717) is 47.8 Å². The fourth-order valence-corrected chi connectivity index (χ4v) is 6.04. The number of hydrogen-bond acceptors (Lipinski definition) is 6. The Balaban J connectivity index is 1.69. The number of guanidine groups is 1. The van der Waals surface area contributed by atoms with Crippen molar-refractivity contribution in [2.45, 2.75) is 49.1 Å². The molecule has 0 saturated carbocycles. The standard InChI is InChI=1S/C24H27ClFN3O4S/c1-24(14-21(30)29(23(27)28-24)18-8-10-33-11-9-18)19-5-3-4-16(22(19)25)12-15-6-7-17(26)13-20(15)34(2,31)32/h3-7,13,18H,8-12,14H2,1-2H3,(H2,27,28)/t24-/m0/s1. The zero-order valence-corrected chi connectivity index (χ0v) is 20.6. The normalized spacial score (nSPS) is 22.1. The highest BCUT2D eigenvalue weighted by molar-refractivity contribution is 7.90. The first kappa shape index (κ1) is 24.6. The lowest BCUT2D eigenvalue weighted by Gasteiger charge is -2.40. The molecule has 2 N–H and O–H groups in total. The summed E-state index contributed by atoms with van der Waals surface area (Å²) in [4.78, 5) is 19.3. The van der Waals surface area contributed by atoms with Crippen LogP contribution in [0.1, 0.15) is 42.9 Å². The lowest BCUT2D eigenvalue weighted by molar-refractivity contribution is -0.132. The molecule has 1 saturated heterocycles. The highest BCUT2D eigenvalue weighted by atomic mass is 35.5. The van der Waals surface area contributed by atoms with Crippen LogP contribution in [0, 0.1) is 5.82 Å².